The molecule has 2 amide bonds. The molecule has 1 aliphatic rings. The van der Waals surface area contributed by atoms with Crippen LogP contribution in [0.25, 0.3) is 0 Å². The highest BCUT2D eigenvalue weighted by molar-refractivity contribution is 7.11. The molecule has 2 heterocycles. The molecular weight excluding hydrogens is 310 g/mol. The summed E-state index contributed by atoms with van der Waals surface area (Å²) in [5.74, 6) is 0.860. The first-order chi connectivity index (χ1) is 11.1. The molecule has 2 atom stereocenters. The first-order valence-electron chi connectivity index (χ1n) is 7.84. The lowest BCUT2D eigenvalue weighted by atomic mass is 10.0. The van der Waals surface area contributed by atoms with Gasteiger partial charge in [-0.3, -0.25) is 0 Å². The summed E-state index contributed by atoms with van der Waals surface area (Å²) >= 11 is 1.60. The van der Waals surface area contributed by atoms with Crippen LogP contribution in [0, 0.1) is 6.92 Å². The molecule has 3 rings (SSSR count). The first-order valence-corrected chi connectivity index (χ1v) is 8.66. The number of ether oxygens (including phenoxy) is 1. The molecule has 0 fully saturated rings. The van der Waals surface area contributed by atoms with Crippen LogP contribution in [0.2, 0.25) is 0 Å². The van der Waals surface area contributed by atoms with Crippen LogP contribution in [-0.2, 0) is 0 Å². The average molecular weight is 331 g/mol. The third-order valence-electron chi connectivity index (χ3n) is 3.85. The number of benzene rings is 1. The third kappa shape index (κ3) is 3.82. The van der Waals surface area contributed by atoms with Gasteiger partial charge in [0, 0.05) is 16.6 Å². The van der Waals surface area contributed by atoms with E-state index >= 15 is 0 Å². The zero-order valence-electron chi connectivity index (χ0n) is 13.3. The number of aryl methyl sites for hydroxylation is 1. The summed E-state index contributed by atoms with van der Waals surface area (Å²) in [6.45, 7) is 4.64. The van der Waals surface area contributed by atoms with Crippen molar-refractivity contribution >= 4 is 17.4 Å². The Kier molecular flexibility index (Phi) is 4.81. The van der Waals surface area contributed by atoms with E-state index in [1.165, 1.54) is 0 Å². The maximum Gasteiger partial charge on any atom is 0.315 e. The van der Waals surface area contributed by atoms with Crippen LogP contribution < -0.4 is 15.4 Å². The van der Waals surface area contributed by atoms with Crippen molar-refractivity contribution < 1.29 is 9.53 Å². The average Bonchev–Trinajstić information content (AvgIpc) is 2.87. The largest absolute Gasteiger partial charge is 0.493 e. The van der Waals surface area contributed by atoms with E-state index in [1.54, 1.807) is 11.3 Å². The monoisotopic (exact) mass is 331 g/mol. The van der Waals surface area contributed by atoms with Crippen LogP contribution in [0.1, 0.15) is 47.3 Å². The highest BCUT2D eigenvalue weighted by Crippen LogP contribution is 2.31. The number of carbonyl (C=O) groups is 1. The van der Waals surface area contributed by atoms with Gasteiger partial charge in [-0.2, -0.15) is 0 Å². The van der Waals surface area contributed by atoms with Crippen LogP contribution in [0.5, 0.6) is 5.75 Å². The Hall–Kier alpha value is -2.08. The second kappa shape index (κ2) is 7.00. The number of amides is 2. The van der Waals surface area contributed by atoms with E-state index in [4.69, 9.17) is 4.74 Å². The number of para-hydroxylation sites is 1. The zero-order chi connectivity index (χ0) is 16.2. The van der Waals surface area contributed by atoms with Gasteiger partial charge in [0.15, 0.2) is 0 Å². The number of hydrogen-bond donors (Lipinski definition) is 2. The smallest absolute Gasteiger partial charge is 0.315 e. The minimum absolute atomic E-state index is 0.0288. The van der Waals surface area contributed by atoms with E-state index in [9.17, 15) is 4.79 Å². The van der Waals surface area contributed by atoms with E-state index in [0.717, 1.165) is 34.0 Å². The van der Waals surface area contributed by atoms with Crippen molar-refractivity contribution in [1.29, 1.82) is 0 Å². The van der Waals surface area contributed by atoms with Gasteiger partial charge >= 0.3 is 6.03 Å². The molecule has 23 heavy (non-hydrogen) atoms. The predicted molar refractivity (Wildman–Crippen MR) is 90.8 cm³/mol. The number of urea groups is 1. The molecule has 0 spiro atoms. The molecule has 1 aromatic heterocycles. The number of hydrogen-bond acceptors (Lipinski definition) is 4. The quantitative estimate of drug-likeness (QED) is 0.901. The maximum atomic E-state index is 12.3. The molecule has 0 radical (unpaired) electrons. The Bertz CT molecular complexity index is 686. The van der Waals surface area contributed by atoms with Crippen molar-refractivity contribution in [2.75, 3.05) is 6.61 Å². The van der Waals surface area contributed by atoms with Gasteiger partial charge in [0.1, 0.15) is 10.8 Å². The summed E-state index contributed by atoms with van der Waals surface area (Å²) in [5, 5.41) is 6.95. The number of thiazole rings is 1. The summed E-state index contributed by atoms with van der Waals surface area (Å²) in [5.41, 5.74) is 1.04. The van der Waals surface area contributed by atoms with Crippen LogP contribution in [-0.4, -0.2) is 17.6 Å². The number of aromatic nitrogens is 1. The fourth-order valence-corrected chi connectivity index (χ4v) is 3.48. The highest BCUT2D eigenvalue weighted by Gasteiger charge is 2.22. The molecule has 6 heteroatoms. The normalized spacial score (nSPS) is 18.3. The fourth-order valence-electron chi connectivity index (χ4n) is 2.71. The molecule has 1 aromatic carbocycles. The number of rotatable bonds is 3. The lowest BCUT2D eigenvalue weighted by Gasteiger charge is -2.20. The van der Waals surface area contributed by atoms with E-state index in [2.05, 4.69) is 15.6 Å². The minimum atomic E-state index is -0.174. The molecule has 0 aliphatic carbocycles. The van der Waals surface area contributed by atoms with Gasteiger partial charge in [-0.25, -0.2) is 9.78 Å². The Morgan fingerprint density at radius 1 is 1.43 bits per heavy atom. The zero-order valence-corrected chi connectivity index (χ0v) is 14.2. The summed E-state index contributed by atoms with van der Waals surface area (Å²) < 4.78 is 5.73. The van der Waals surface area contributed by atoms with Gasteiger partial charge in [0.05, 0.1) is 18.7 Å². The maximum absolute atomic E-state index is 12.3. The third-order valence-corrected chi connectivity index (χ3v) is 4.95. The summed E-state index contributed by atoms with van der Waals surface area (Å²) in [6.07, 6.45) is 3.62. The van der Waals surface area contributed by atoms with Crippen molar-refractivity contribution in [2.45, 2.75) is 38.8 Å². The van der Waals surface area contributed by atoms with Crippen LogP contribution >= 0.6 is 11.3 Å². The molecule has 0 unspecified atom stereocenters. The molecular formula is C17H21N3O2S. The van der Waals surface area contributed by atoms with Gasteiger partial charge < -0.3 is 15.4 Å². The molecule has 0 saturated carbocycles. The van der Waals surface area contributed by atoms with Gasteiger partial charge in [-0.05, 0) is 32.8 Å². The van der Waals surface area contributed by atoms with E-state index in [-0.39, 0.29) is 18.1 Å². The Balaban J connectivity index is 1.65. The molecule has 5 nitrogen and oxygen atoms in total. The standard InChI is InChI=1S/C17H21N3O2S/c1-11-10-18-16(23-11)12(2)19-17(21)20-14-7-5-9-22-15-8-4-3-6-13(14)15/h3-4,6,8,10,12,14H,5,7,9H2,1-2H3,(H2,19,20,21)/t12-,14-/m1/s1. The second-order valence-electron chi connectivity index (χ2n) is 5.73. The topological polar surface area (TPSA) is 63.2 Å². The second-order valence-corrected chi connectivity index (χ2v) is 7.00. The van der Waals surface area contributed by atoms with Crippen molar-refractivity contribution in [3.8, 4) is 5.75 Å². The molecule has 1 aliphatic heterocycles. The minimum Gasteiger partial charge on any atom is -0.493 e. The molecule has 0 bridgehead atoms. The Morgan fingerprint density at radius 3 is 3.04 bits per heavy atom. The predicted octanol–water partition coefficient (Wildman–Crippen LogP) is 3.73. The fraction of sp³-hybridized carbons (Fsp3) is 0.412. The Labute approximate surface area is 140 Å². The summed E-state index contributed by atoms with van der Waals surface area (Å²) in [6, 6.07) is 7.58. The molecule has 2 aromatic rings. The number of carbonyl (C=O) groups excluding carboxylic acids is 1. The first kappa shape index (κ1) is 15.8. The van der Waals surface area contributed by atoms with E-state index < -0.39 is 0 Å². The van der Waals surface area contributed by atoms with Gasteiger partial charge in [0.2, 0.25) is 0 Å². The molecule has 2 N–H and O–H groups in total. The van der Waals surface area contributed by atoms with Crippen LogP contribution in [0.4, 0.5) is 4.79 Å². The Morgan fingerprint density at radius 2 is 2.26 bits per heavy atom. The van der Waals surface area contributed by atoms with Gasteiger partial charge in [0.25, 0.3) is 0 Å². The number of fused-ring (bicyclic) bond motifs is 1. The van der Waals surface area contributed by atoms with Gasteiger partial charge in [-0.1, -0.05) is 18.2 Å². The van der Waals surface area contributed by atoms with Crippen LogP contribution in [0.3, 0.4) is 0 Å². The summed E-state index contributed by atoms with van der Waals surface area (Å²) in [4.78, 5) is 17.8. The lowest BCUT2D eigenvalue weighted by molar-refractivity contribution is 0.233. The van der Waals surface area contributed by atoms with E-state index in [0.29, 0.717) is 6.61 Å². The van der Waals surface area contributed by atoms with Crippen molar-refractivity contribution in [2.24, 2.45) is 0 Å². The molecule has 0 saturated heterocycles. The highest BCUT2D eigenvalue weighted by atomic mass is 32.1. The van der Waals surface area contributed by atoms with Crippen molar-refractivity contribution in [1.82, 2.24) is 15.6 Å². The van der Waals surface area contributed by atoms with Crippen molar-refractivity contribution in [3.63, 3.8) is 0 Å². The SMILES string of the molecule is Cc1cnc([C@@H](C)NC(=O)N[C@@H]2CCCOc3ccccc32)s1. The van der Waals surface area contributed by atoms with Crippen LogP contribution in [0.15, 0.2) is 30.5 Å². The summed E-state index contributed by atoms with van der Waals surface area (Å²) in [7, 11) is 0. The number of nitrogens with one attached hydrogen (secondary N) is 2. The number of nitrogens with zero attached hydrogens (tertiary/aromatic N) is 1. The molecule has 122 valence electrons. The van der Waals surface area contributed by atoms with Crippen molar-refractivity contribution in [3.05, 3.63) is 45.9 Å². The van der Waals surface area contributed by atoms with Gasteiger partial charge in [-0.15, -0.1) is 11.3 Å². The van der Waals surface area contributed by atoms with E-state index in [1.807, 2.05) is 44.3 Å². The lowest BCUT2D eigenvalue weighted by Crippen LogP contribution is -2.39.